The van der Waals surface area contributed by atoms with E-state index in [0.717, 1.165) is 6.07 Å². The number of amides is 1. The first kappa shape index (κ1) is 15.4. The highest BCUT2D eigenvalue weighted by Crippen LogP contribution is 2.34. The summed E-state index contributed by atoms with van der Waals surface area (Å²) in [6.07, 6.45) is 2.46. The molecule has 0 fully saturated rings. The van der Waals surface area contributed by atoms with Gasteiger partial charge in [-0.1, -0.05) is 0 Å². The van der Waals surface area contributed by atoms with Crippen LogP contribution in [0.25, 0.3) is 11.1 Å². The highest BCUT2D eigenvalue weighted by Gasteiger charge is 2.24. The van der Waals surface area contributed by atoms with E-state index in [1.54, 1.807) is 0 Å². The van der Waals surface area contributed by atoms with E-state index in [-0.39, 0.29) is 34.0 Å². The van der Waals surface area contributed by atoms with E-state index in [1.807, 2.05) is 6.07 Å². The number of pyridine rings is 1. The molecule has 1 aliphatic heterocycles. The van der Waals surface area contributed by atoms with Crippen LogP contribution in [-0.4, -0.2) is 35.0 Å². The highest BCUT2D eigenvalue weighted by atomic mass is 19.1. The predicted octanol–water partition coefficient (Wildman–Crippen LogP) is 1.15. The van der Waals surface area contributed by atoms with Crippen LogP contribution in [0.3, 0.4) is 0 Å². The molecule has 3 N–H and O–H groups in total. The van der Waals surface area contributed by atoms with Gasteiger partial charge < -0.3 is 10.4 Å². The third kappa shape index (κ3) is 2.75. The van der Waals surface area contributed by atoms with Crippen molar-refractivity contribution >= 4 is 11.9 Å². The molecule has 120 valence electrons. The van der Waals surface area contributed by atoms with E-state index in [2.05, 4.69) is 20.6 Å². The van der Waals surface area contributed by atoms with Crippen molar-refractivity contribution in [1.29, 1.82) is 5.26 Å². The number of aliphatic imine (C=N–C) groups is 1. The second-order valence-corrected chi connectivity index (χ2v) is 4.96. The Morgan fingerprint density at radius 1 is 1.42 bits per heavy atom. The number of phenolic OH excluding ortho intramolecular Hbond substituents is 1. The number of aromatic hydroxyl groups is 1. The van der Waals surface area contributed by atoms with E-state index in [9.17, 15) is 19.6 Å². The number of benzene rings is 1. The third-order valence-corrected chi connectivity index (χ3v) is 3.47. The molecule has 8 heteroatoms. The summed E-state index contributed by atoms with van der Waals surface area (Å²) in [5, 5.41) is 24.8. The minimum absolute atomic E-state index is 0.0146. The number of aromatic nitrogens is 1. The molecule has 0 unspecified atom stereocenters. The Morgan fingerprint density at radius 2 is 2.25 bits per heavy atom. The van der Waals surface area contributed by atoms with E-state index in [1.165, 1.54) is 24.5 Å². The van der Waals surface area contributed by atoms with Crippen LogP contribution in [0.5, 0.6) is 5.75 Å². The smallest absolute Gasteiger partial charge is 0.262 e. The fourth-order valence-corrected chi connectivity index (χ4v) is 2.41. The van der Waals surface area contributed by atoms with Crippen LogP contribution in [-0.2, 0) is 0 Å². The van der Waals surface area contributed by atoms with Gasteiger partial charge in [-0.2, -0.15) is 5.26 Å². The van der Waals surface area contributed by atoms with Crippen molar-refractivity contribution in [2.24, 2.45) is 4.99 Å². The predicted molar refractivity (Wildman–Crippen MR) is 83.8 cm³/mol. The largest absolute Gasteiger partial charge is 0.507 e. The van der Waals surface area contributed by atoms with Gasteiger partial charge in [0.2, 0.25) is 0 Å². The Balaban J connectivity index is 2.16. The van der Waals surface area contributed by atoms with E-state index < -0.39 is 11.7 Å². The van der Waals surface area contributed by atoms with E-state index in [0.29, 0.717) is 13.1 Å². The van der Waals surface area contributed by atoms with Crippen LogP contribution in [0.1, 0.15) is 15.9 Å². The fourth-order valence-electron chi connectivity index (χ4n) is 2.41. The average molecular weight is 325 g/mol. The number of nitriles is 1. The second kappa shape index (κ2) is 6.34. The first-order chi connectivity index (χ1) is 11.6. The zero-order valence-electron chi connectivity index (χ0n) is 12.4. The van der Waals surface area contributed by atoms with Gasteiger partial charge in [0.05, 0.1) is 23.7 Å². The lowest BCUT2D eigenvalue weighted by molar-refractivity contribution is 0.0974. The number of rotatable bonds is 2. The van der Waals surface area contributed by atoms with Crippen LogP contribution in [0.2, 0.25) is 0 Å². The van der Waals surface area contributed by atoms with Gasteiger partial charge >= 0.3 is 0 Å². The molecule has 2 aromatic rings. The number of hydrogen-bond donors (Lipinski definition) is 3. The lowest BCUT2D eigenvalue weighted by Gasteiger charge is -2.14. The van der Waals surface area contributed by atoms with Crippen LogP contribution < -0.4 is 10.6 Å². The molecule has 3 rings (SSSR count). The number of hydrogen-bond acceptors (Lipinski definition) is 6. The van der Waals surface area contributed by atoms with Crippen LogP contribution in [0.15, 0.2) is 35.6 Å². The monoisotopic (exact) mass is 325 g/mol. The van der Waals surface area contributed by atoms with Gasteiger partial charge in [-0.15, -0.1) is 0 Å². The van der Waals surface area contributed by atoms with Crippen molar-refractivity contribution in [3.05, 3.63) is 47.5 Å². The Morgan fingerprint density at radius 3 is 2.92 bits per heavy atom. The Labute approximate surface area is 136 Å². The molecule has 1 aromatic carbocycles. The second-order valence-electron chi connectivity index (χ2n) is 4.96. The molecular formula is C16H12FN5O2. The lowest BCUT2D eigenvalue weighted by Crippen LogP contribution is -2.38. The molecule has 7 nitrogen and oxygen atoms in total. The van der Waals surface area contributed by atoms with Crippen LogP contribution in [0, 0.1) is 17.1 Å². The van der Waals surface area contributed by atoms with E-state index in [4.69, 9.17) is 0 Å². The zero-order valence-corrected chi connectivity index (χ0v) is 12.4. The van der Waals surface area contributed by atoms with Gasteiger partial charge in [0.1, 0.15) is 11.6 Å². The Hall–Kier alpha value is -3.47. The number of carbonyl (C=O) groups is 1. The molecular weight excluding hydrogens is 313 g/mol. The summed E-state index contributed by atoms with van der Waals surface area (Å²) in [7, 11) is 0. The van der Waals surface area contributed by atoms with Crippen LogP contribution in [0.4, 0.5) is 4.39 Å². The average Bonchev–Trinajstić information content (AvgIpc) is 3.08. The SMILES string of the molecule is N#Cc1ccc(O)c(C(=O)NC2=NCCN2)c1-c1cnccc1F. The Kier molecular flexibility index (Phi) is 4.07. The van der Waals surface area contributed by atoms with Crippen molar-refractivity contribution < 1.29 is 14.3 Å². The topological polar surface area (TPSA) is 110 Å². The van der Waals surface area contributed by atoms with Gasteiger partial charge in [0.25, 0.3) is 5.91 Å². The van der Waals surface area contributed by atoms with Crippen molar-refractivity contribution in [2.45, 2.75) is 0 Å². The standard InChI is InChI=1S/C16H12FN5O2/c17-11-3-4-19-8-10(11)13-9(7-18)1-2-12(23)14(13)15(24)22-16-20-5-6-21-16/h1-4,8,23H,5-6H2,(H2,20,21,22,24). The highest BCUT2D eigenvalue weighted by molar-refractivity contribution is 6.11. The number of phenols is 1. The number of nitrogens with zero attached hydrogens (tertiary/aromatic N) is 3. The minimum Gasteiger partial charge on any atom is -0.507 e. The van der Waals surface area contributed by atoms with Gasteiger partial charge in [0.15, 0.2) is 5.96 Å². The quantitative estimate of drug-likeness (QED) is 0.767. The van der Waals surface area contributed by atoms with Gasteiger partial charge in [-0.05, 0) is 18.2 Å². The molecule has 24 heavy (non-hydrogen) atoms. The molecule has 1 aliphatic rings. The first-order valence-electron chi connectivity index (χ1n) is 7.07. The maximum Gasteiger partial charge on any atom is 0.262 e. The number of nitrogens with one attached hydrogen (secondary N) is 2. The van der Waals surface area contributed by atoms with E-state index >= 15 is 0 Å². The normalized spacial score (nSPS) is 12.9. The molecule has 0 bridgehead atoms. The molecule has 1 aromatic heterocycles. The molecule has 2 heterocycles. The lowest BCUT2D eigenvalue weighted by atomic mass is 9.94. The van der Waals surface area contributed by atoms with Gasteiger partial charge in [-0.25, -0.2) is 4.39 Å². The maximum atomic E-state index is 14.2. The maximum absolute atomic E-state index is 14.2. The molecule has 1 amide bonds. The molecule has 0 atom stereocenters. The van der Waals surface area contributed by atoms with Gasteiger partial charge in [-0.3, -0.25) is 20.1 Å². The number of carbonyl (C=O) groups excluding carboxylic acids is 1. The molecule has 0 radical (unpaired) electrons. The zero-order chi connectivity index (χ0) is 17.1. The number of guanidine groups is 1. The summed E-state index contributed by atoms with van der Waals surface area (Å²) in [4.78, 5) is 20.4. The fraction of sp³-hybridized carbons (Fsp3) is 0.125. The summed E-state index contributed by atoms with van der Waals surface area (Å²) >= 11 is 0. The minimum atomic E-state index is -0.698. The molecule has 0 saturated carbocycles. The van der Waals surface area contributed by atoms with Crippen molar-refractivity contribution in [1.82, 2.24) is 15.6 Å². The Bertz CT molecular complexity index is 889. The summed E-state index contributed by atoms with van der Waals surface area (Å²) in [5.41, 5.74) is -0.223. The summed E-state index contributed by atoms with van der Waals surface area (Å²) in [6, 6.07) is 5.56. The summed E-state index contributed by atoms with van der Waals surface area (Å²) in [6.45, 7) is 1.11. The van der Waals surface area contributed by atoms with Crippen LogP contribution >= 0.6 is 0 Å². The van der Waals surface area contributed by atoms with Crippen molar-refractivity contribution in [3.63, 3.8) is 0 Å². The van der Waals surface area contributed by atoms with Crippen molar-refractivity contribution in [2.75, 3.05) is 13.1 Å². The molecule has 0 aliphatic carbocycles. The first-order valence-corrected chi connectivity index (χ1v) is 7.07. The summed E-state index contributed by atoms with van der Waals surface area (Å²) in [5.74, 6) is -1.46. The third-order valence-electron chi connectivity index (χ3n) is 3.47. The van der Waals surface area contributed by atoms with Crippen molar-refractivity contribution in [3.8, 4) is 22.9 Å². The molecule has 0 spiro atoms. The molecule has 0 saturated heterocycles. The summed E-state index contributed by atoms with van der Waals surface area (Å²) < 4.78 is 14.2. The van der Waals surface area contributed by atoms with Gasteiger partial charge in [0, 0.05) is 30.1 Å². The number of halogens is 1.